The summed E-state index contributed by atoms with van der Waals surface area (Å²) in [5.74, 6) is -0.701. The van der Waals surface area contributed by atoms with Crippen molar-refractivity contribution in [2.75, 3.05) is 7.11 Å². The molecule has 0 saturated carbocycles. The molecule has 0 spiro atoms. The summed E-state index contributed by atoms with van der Waals surface area (Å²) in [6.45, 7) is 0. The van der Waals surface area contributed by atoms with E-state index in [-0.39, 0.29) is 18.6 Å². The third-order valence-electron chi connectivity index (χ3n) is 4.42. The van der Waals surface area contributed by atoms with E-state index in [2.05, 4.69) is 5.10 Å². The van der Waals surface area contributed by atoms with Crippen molar-refractivity contribution < 1.29 is 24.5 Å². The van der Waals surface area contributed by atoms with Gasteiger partial charge in [0.2, 0.25) is 5.91 Å². The van der Waals surface area contributed by atoms with Crippen molar-refractivity contribution in [2.45, 2.75) is 25.3 Å². The van der Waals surface area contributed by atoms with Gasteiger partial charge in [-0.3, -0.25) is 9.59 Å². The SMILES string of the molecule is COc1cccc(C2=NN(C(=O)CCC(=O)O)[C@H](c3ccccc3O)C2)c1. The summed E-state index contributed by atoms with van der Waals surface area (Å²) in [5.41, 5.74) is 2.05. The number of rotatable bonds is 6. The van der Waals surface area contributed by atoms with Gasteiger partial charge in [0.05, 0.1) is 25.3 Å². The molecule has 2 aromatic rings. The fraction of sp³-hybridized carbons (Fsp3) is 0.250. The minimum absolute atomic E-state index is 0.0700. The molecule has 1 amide bonds. The normalized spacial score (nSPS) is 16.1. The Morgan fingerprint density at radius 2 is 1.96 bits per heavy atom. The summed E-state index contributed by atoms with van der Waals surface area (Å²) < 4.78 is 5.24. The second-order valence-electron chi connectivity index (χ2n) is 6.19. The average Bonchev–Trinajstić information content (AvgIpc) is 3.11. The molecule has 7 nitrogen and oxygen atoms in total. The van der Waals surface area contributed by atoms with Crippen LogP contribution >= 0.6 is 0 Å². The van der Waals surface area contributed by atoms with Crippen LogP contribution in [-0.4, -0.2) is 39.9 Å². The Hall–Kier alpha value is -3.35. The van der Waals surface area contributed by atoms with Crippen molar-refractivity contribution in [1.29, 1.82) is 0 Å². The number of methoxy groups -OCH3 is 1. The van der Waals surface area contributed by atoms with Gasteiger partial charge in [-0.1, -0.05) is 30.3 Å². The molecule has 27 heavy (non-hydrogen) atoms. The van der Waals surface area contributed by atoms with Gasteiger partial charge in [-0.15, -0.1) is 0 Å². The largest absolute Gasteiger partial charge is 0.508 e. The summed E-state index contributed by atoms with van der Waals surface area (Å²) in [6, 6.07) is 13.6. The van der Waals surface area contributed by atoms with Crippen LogP contribution in [0.2, 0.25) is 0 Å². The highest BCUT2D eigenvalue weighted by Crippen LogP contribution is 2.37. The van der Waals surface area contributed by atoms with Crippen LogP contribution < -0.4 is 4.74 Å². The third-order valence-corrected chi connectivity index (χ3v) is 4.42. The number of para-hydroxylation sites is 1. The predicted octanol–water partition coefficient (Wildman–Crippen LogP) is 2.94. The smallest absolute Gasteiger partial charge is 0.303 e. The number of amides is 1. The topological polar surface area (TPSA) is 99.4 Å². The predicted molar refractivity (Wildman–Crippen MR) is 98.7 cm³/mol. The maximum atomic E-state index is 12.6. The number of nitrogens with zero attached hydrogens (tertiary/aromatic N) is 2. The Kier molecular flexibility index (Phi) is 5.40. The fourth-order valence-electron chi connectivity index (χ4n) is 3.06. The number of ether oxygens (including phenoxy) is 1. The lowest BCUT2D eigenvalue weighted by Crippen LogP contribution is -2.27. The van der Waals surface area contributed by atoms with Crippen LogP contribution in [0.3, 0.4) is 0 Å². The van der Waals surface area contributed by atoms with E-state index in [0.717, 1.165) is 5.56 Å². The molecule has 0 aromatic heterocycles. The number of phenolic OH excluding ortho intramolecular Hbond substituents is 1. The molecule has 1 aliphatic heterocycles. The molecule has 0 saturated heterocycles. The van der Waals surface area contributed by atoms with Gasteiger partial charge in [-0.2, -0.15) is 5.10 Å². The molecule has 7 heteroatoms. The van der Waals surface area contributed by atoms with Crippen LogP contribution in [0, 0.1) is 0 Å². The Balaban J connectivity index is 1.94. The lowest BCUT2D eigenvalue weighted by molar-refractivity contribution is -0.141. The maximum Gasteiger partial charge on any atom is 0.303 e. The van der Waals surface area contributed by atoms with Crippen molar-refractivity contribution in [2.24, 2.45) is 5.10 Å². The molecule has 0 aliphatic carbocycles. The number of aliphatic carboxylic acids is 1. The molecule has 1 aliphatic rings. The van der Waals surface area contributed by atoms with Gasteiger partial charge in [0.1, 0.15) is 11.5 Å². The average molecular weight is 368 g/mol. The van der Waals surface area contributed by atoms with Crippen LogP contribution in [0.25, 0.3) is 0 Å². The van der Waals surface area contributed by atoms with Crippen molar-refractivity contribution in [3.63, 3.8) is 0 Å². The Labute approximate surface area is 156 Å². The lowest BCUT2D eigenvalue weighted by Gasteiger charge is -2.22. The van der Waals surface area contributed by atoms with Gasteiger partial charge >= 0.3 is 5.97 Å². The van der Waals surface area contributed by atoms with Gasteiger partial charge in [-0.25, -0.2) is 5.01 Å². The molecule has 3 rings (SSSR count). The van der Waals surface area contributed by atoms with E-state index in [9.17, 15) is 14.7 Å². The lowest BCUT2D eigenvalue weighted by atomic mass is 9.97. The number of aromatic hydroxyl groups is 1. The number of benzene rings is 2. The number of hydrogen-bond donors (Lipinski definition) is 2. The Morgan fingerprint density at radius 3 is 2.67 bits per heavy atom. The summed E-state index contributed by atoms with van der Waals surface area (Å²) in [5, 5.41) is 24.8. The summed E-state index contributed by atoms with van der Waals surface area (Å²) >= 11 is 0. The number of carboxylic acids is 1. The zero-order valence-corrected chi connectivity index (χ0v) is 14.8. The molecule has 2 aromatic carbocycles. The first-order valence-corrected chi connectivity index (χ1v) is 8.53. The maximum absolute atomic E-state index is 12.6. The molecular formula is C20H20N2O5. The quantitative estimate of drug-likeness (QED) is 0.817. The summed E-state index contributed by atoms with van der Waals surface area (Å²) in [6.07, 6.45) is -0.0231. The van der Waals surface area contributed by atoms with E-state index in [1.807, 2.05) is 24.3 Å². The third kappa shape index (κ3) is 4.08. The fourth-order valence-corrected chi connectivity index (χ4v) is 3.06. The second-order valence-corrected chi connectivity index (χ2v) is 6.19. The van der Waals surface area contributed by atoms with Crippen LogP contribution in [0.5, 0.6) is 11.5 Å². The molecule has 0 unspecified atom stereocenters. The first kappa shape index (κ1) is 18.4. The van der Waals surface area contributed by atoms with E-state index in [4.69, 9.17) is 9.84 Å². The van der Waals surface area contributed by atoms with E-state index >= 15 is 0 Å². The molecule has 0 radical (unpaired) electrons. The van der Waals surface area contributed by atoms with Gasteiger partial charge in [0.15, 0.2) is 0 Å². The van der Waals surface area contributed by atoms with Crippen LogP contribution in [0.4, 0.5) is 0 Å². The molecule has 140 valence electrons. The first-order valence-electron chi connectivity index (χ1n) is 8.53. The second kappa shape index (κ2) is 7.90. The van der Waals surface area contributed by atoms with Crippen molar-refractivity contribution >= 4 is 17.6 Å². The number of carbonyl (C=O) groups is 2. The molecule has 0 bridgehead atoms. The standard InChI is InChI=1S/C20H20N2O5/c1-27-14-6-4-5-13(11-14)16-12-17(15-7-2-3-8-18(15)23)22(21-16)19(24)9-10-20(25)26/h2-8,11,17,23H,9-10,12H2,1H3,(H,25,26)/t17-/m0/s1. The van der Waals surface area contributed by atoms with E-state index in [1.54, 1.807) is 31.4 Å². The number of hydrogen-bond acceptors (Lipinski definition) is 5. The Morgan fingerprint density at radius 1 is 1.19 bits per heavy atom. The van der Waals surface area contributed by atoms with Crippen molar-refractivity contribution in [3.8, 4) is 11.5 Å². The molecule has 1 atom stereocenters. The number of carbonyl (C=O) groups excluding carboxylic acids is 1. The first-order chi connectivity index (χ1) is 13.0. The highest BCUT2D eigenvalue weighted by Gasteiger charge is 2.34. The minimum Gasteiger partial charge on any atom is -0.508 e. The number of phenols is 1. The van der Waals surface area contributed by atoms with Gasteiger partial charge in [0.25, 0.3) is 0 Å². The minimum atomic E-state index is -1.04. The van der Waals surface area contributed by atoms with Crippen LogP contribution in [0.15, 0.2) is 53.6 Å². The van der Waals surface area contributed by atoms with Crippen molar-refractivity contribution in [1.82, 2.24) is 5.01 Å². The number of carboxylic acid groups (broad SMARTS) is 1. The monoisotopic (exact) mass is 368 g/mol. The zero-order valence-electron chi connectivity index (χ0n) is 14.8. The van der Waals surface area contributed by atoms with Gasteiger partial charge in [0, 0.05) is 24.0 Å². The summed E-state index contributed by atoms with van der Waals surface area (Å²) in [7, 11) is 1.57. The number of hydrazone groups is 1. The Bertz CT molecular complexity index is 893. The van der Waals surface area contributed by atoms with Crippen molar-refractivity contribution in [3.05, 3.63) is 59.7 Å². The van der Waals surface area contributed by atoms with Gasteiger partial charge < -0.3 is 14.9 Å². The highest BCUT2D eigenvalue weighted by molar-refractivity contribution is 6.03. The molecular weight excluding hydrogens is 348 g/mol. The molecule has 2 N–H and O–H groups in total. The van der Waals surface area contributed by atoms with Crippen LogP contribution in [-0.2, 0) is 9.59 Å². The summed E-state index contributed by atoms with van der Waals surface area (Å²) in [4.78, 5) is 23.4. The highest BCUT2D eigenvalue weighted by atomic mass is 16.5. The van der Waals surface area contributed by atoms with Gasteiger partial charge in [-0.05, 0) is 18.2 Å². The van der Waals surface area contributed by atoms with E-state index in [0.29, 0.717) is 23.4 Å². The van der Waals surface area contributed by atoms with E-state index in [1.165, 1.54) is 5.01 Å². The molecule has 1 heterocycles. The van der Waals surface area contributed by atoms with Crippen LogP contribution in [0.1, 0.15) is 36.4 Å². The van der Waals surface area contributed by atoms with E-state index < -0.39 is 17.9 Å². The molecule has 0 fully saturated rings. The zero-order chi connectivity index (χ0) is 19.4.